The average molecular weight is 597 g/mol. The van der Waals surface area contributed by atoms with Crippen LogP contribution in [0.2, 0.25) is 0 Å². The standard InChI is InChI=1S/C32H25BrN2O5/c33-25-15-18-28-27(21-25)30(36)35(29(22-9-3-1-4-10-22)23-11-5-2-6-12-23)32(39)34(28)19-7-8-20-40-26-16-13-24(14-17-26)31(37)38/h1-18,21,29H,19-20H2,(H,37,38)/b8-7-. The van der Waals surface area contributed by atoms with Crippen LogP contribution in [-0.4, -0.2) is 26.8 Å². The van der Waals surface area contributed by atoms with Gasteiger partial charge in [0.05, 0.1) is 22.5 Å². The van der Waals surface area contributed by atoms with Crippen LogP contribution in [0.1, 0.15) is 27.5 Å². The fourth-order valence-corrected chi connectivity index (χ4v) is 4.98. The number of benzene rings is 4. The molecule has 0 unspecified atom stereocenters. The number of rotatable bonds is 9. The van der Waals surface area contributed by atoms with E-state index in [0.29, 0.717) is 16.7 Å². The second-order valence-electron chi connectivity index (χ2n) is 9.07. The van der Waals surface area contributed by atoms with Crippen LogP contribution in [0, 0.1) is 0 Å². The molecule has 40 heavy (non-hydrogen) atoms. The SMILES string of the molecule is O=C(O)c1ccc(OC/C=C\Cn2c(=O)n(C(c3ccccc3)c3ccccc3)c(=O)c3cc(Br)ccc32)cc1. The van der Waals surface area contributed by atoms with Crippen molar-refractivity contribution in [3.8, 4) is 5.75 Å². The van der Waals surface area contributed by atoms with Gasteiger partial charge in [-0.25, -0.2) is 14.2 Å². The summed E-state index contributed by atoms with van der Waals surface area (Å²) in [5, 5.41) is 9.46. The first kappa shape index (κ1) is 26.9. The maximum Gasteiger partial charge on any atom is 0.335 e. The largest absolute Gasteiger partial charge is 0.490 e. The number of carbonyl (C=O) groups is 1. The summed E-state index contributed by atoms with van der Waals surface area (Å²) >= 11 is 3.47. The summed E-state index contributed by atoms with van der Waals surface area (Å²) in [5.41, 5.74) is 1.57. The number of aromatic carboxylic acids is 1. The Kier molecular flexibility index (Phi) is 8.07. The molecule has 200 valence electrons. The van der Waals surface area contributed by atoms with Gasteiger partial charge < -0.3 is 9.84 Å². The minimum atomic E-state index is -1.00. The third-order valence-electron chi connectivity index (χ3n) is 6.53. The van der Waals surface area contributed by atoms with Crippen LogP contribution in [0.25, 0.3) is 10.9 Å². The van der Waals surface area contributed by atoms with Gasteiger partial charge in [-0.05, 0) is 59.7 Å². The van der Waals surface area contributed by atoms with Gasteiger partial charge in [0.2, 0.25) is 0 Å². The second-order valence-corrected chi connectivity index (χ2v) is 9.98. The van der Waals surface area contributed by atoms with Crippen molar-refractivity contribution in [3.05, 3.63) is 157 Å². The monoisotopic (exact) mass is 596 g/mol. The number of carboxylic acids is 1. The van der Waals surface area contributed by atoms with Gasteiger partial charge >= 0.3 is 11.7 Å². The van der Waals surface area contributed by atoms with E-state index in [1.54, 1.807) is 34.9 Å². The van der Waals surface area contributed by atoms with Gasteiger partial charge in [-0.15, -0.1) is 0 Å². The molecule has 1 heterocycles. The summed E-state index contributed by atoms with van der Waals surface area (Å²) in [6.07, 6.45) is 3.59. The zero-order valence-electron chi connectivity index (χ0n) is 21.3. The third-order valence-corrected chi connectivity index (χ3v) is 7.02. The molecule has 0 aliphatic rings. The highest BCUT2D eigenvalue weighted by atomic mass is 79.9. The van der Waals surface area contributed by atoms with Crippen LogP contribution in [0.15, 0.2) is 129 Å². The first-order valence-electron chi connectivity index (χ1n) is 12.6. The molecular weight excluding hydrogens is 572 g/mol. The van der Waals surface area contributed by atoms with Gasteiger partial charge in [0, 0.05) is 11.0 Å². The van der Waals surface area contributed by atoms with Crippen molar-refractivity contribution in [2.45, 2.75) is 12.6 Å². The maximum absolute atomic E-state index is 14.1. The number of allylic oxidation sites excluding steroid dienone is 1. The van der Waals surface area contributed by atoms with Gasteiger partial charge in [-0.3, -0.25) is 9.36 Å². The van der Waals surface area contributed by atoms with Gasteiger partial charge in [0.15, 0.2) is 0 Å². The smallest absolute Gasteiger partial charge is 0.335 e. The molecule has 0 bridgehead atoms. The molecule has 1 aromatic heterocycles. The highest BCUT2D eigenvalue weighted by Crippen LogP contribution is 2.25. The van der Waals surface area contributed by atoms with Gasteiger partial charge in [-0.2, -0.15) is 0 Å². The molecule has 0 radical (unpaired) electrons. The Balaban J connectivity index is 1.53. The minimum Gasteiger partial charge on any atom is -0.490 e. The van der Waals surface area contributed by atoms with Crippen molar-refractivity contribution in [1.82, 2.24) is 9.13 Å². The molecule has 0 aliphatic carbocycles. The topological polar surface area (TPSA) is 90.5 Å². The molecule has 5 aromatic rings. The second kappa shape index (κ2) is 12.0. The zero-order valence-corrected chi connectivity index (χ0v) is 22.9. The highest BCUT2D eigenvalue weighted by molar-refractivity contribution is 9.10. The molecule has 1 N–H and O–H groups in total. The summed E-state index contributed by atoms with van der Waals surface area (Å²) in [6, 6.07) is 29.9. The van der Waals surface area contributed by atoms with Crippen LogP contribution < -0.4 is 16.0 Å². The Morgan fingerprint density at radius 1 is 0.850 bits per heavy atom. The molecule has 8 heteroatoms. The van der Waals surface area contributed by atoms with Crippen molar-refractivity contribution in [2.75, 3.05) is 6.61 Å². The van der Waals surface area contributed by atoms with Crippen molar-refractivity contribution in [1.29, 1.82) is 0 Å². The van der Waals surface area contributed by atoms with Crippen LogP contribution in [0.5, 0.6) is 5.75 Å². The predicted molar refractivity (Wildman–Crippen MR) is 158 cm³/mol. The van der Waals surface area contributed by atoms with E-state index in [9.17, 15) is 14.4 Å². The van der Waals surface area contributed by atoms with Crippen molar-refractivity contribution < 1.29 is 14.6 Å². The number of halogens is 1. The number of hydrogen-bond acceptors (Lipinski definition) is 4. The summed E-state index contributed by atoms with van der Waals surface area (Å²) in [5.74, 6) is -0.469. The molecule has 5 rings (SSSR count). The molecule has 0 saturated carbocycles. The van der Waals surface area contributed by atoms with E-state index in [1.807, 2.05) is 72.8 Å². The van der Waals surface area contributed by atoms with Gasteiger partial charge in [-0.1, -0.05) is 82.7 Å². The normalized spacial score (nSPS) is 11.3. The lowest BCUT2D eigenvalue weighted by molar-refractivity contribution is 0.0697. The number of ether oxygens (including phenoxy) is 1. The lowest BCUT2D eigenvalue weighted by atomic mass is 9.98. The van der Waals surface area contributed by atoms with E-state index in [1.165, 1.54) is 16.7 Å². The molecule has 7 nitrogen and oxygen atoms in total. The van der Waals surface area contributed by atoms with Crippen molar-refractivity contribution >= 4 is 32.8 Å². The fourth-order valence-electron chi connectivity index (χ4n) is 4.62. The Morgan fingerprint density at radius 2 is 1.48 bits per heavy atom. The highest BCUT2D eigenvalue weighted by Gasteiger charge is 2.23. The summed E-state index contributed by atoms with van der Waals surface area (Å²) in [6.45, 7) is 0.440. The Hall–Kier alpha value is -4.69. The lowest BCUT2D eigenvalue weighted by Gasteiger charge is -2.22. The number of aromatic nitrogens is 2. The van der Waals surface area contributed by atoms with Crippen LogP contribution >= 0.6 is 15.9 Å². The van der Waals surface area contributed by atoms with Gasteiger partial charge in [0.25, 0.3) is 5.56 Å². The Labute approximate surface area is 238 Å². The van der Waals surface area contributed by atoms with Crippen LogP contribution in [-0.2, 0) is 6.54 Å². The minimum absolute atomic E-state index is 0.181. The summed E-state index contributed by atoms with van der Waals surface area (Å²) in [7, 11) is 0. The molecular formula is C32H25BrN2O5. The molecule has 0 fully saturated rings. The number of carboxylic acid groups (broad SMARTS) is 1. The average Bonchev–Trinajstić information content (AvgIpc) is 2.98. The first-order valence-corrected chi connectivity index (χ1v) is 13.4. The Morgan fingerprint density at radius 3 is 2.08 bits per heavy atom. The van der Waals surface area contributed by atoms with Crippen molar-refractivity contribution in [2.24, 2.45) is 0 Å². The van der Waals surface area contributed by atoms with E-state index in [0.717, 1.165) is 15.6 Å². The molecule has 0 atom stereocenters. The quantitative estimate of drug-likeness (QED) is 0.214. The number of fused-ring (bicyclic) bond motifs is 1. The van der Waals surface area contributed by atoms with E-state index in [4.69, 9.17) is 9.84 Å². The van der Waals surface area contributed by atoms with Crippen molar-refractivity contribution in [3.63, 3.8) is 0 Å². The fraction of sp³-hybridized carbons (Fsp3) is 0.0938. The van der Waals surface area contributed by atoms with Gasteiger partial charge in [0.1, 0.15) is 12.4 Å². The van der Waals surface area contributed by atoms with E-state index in [2.05, 4.69) is 15.9 Å². The van der Waals surface area contributed by atoms with E-state index >= 15 is 0 Å². The first-order chi connectivity index (χ1) is 19.4. The molecule has 0 spiro atoms. The number of hydrogen-bond donors (Lipinski definition) is 1. The molecule has 0 aliphatic heterocycles. The zero-order chi connectivity index (χ0) is 28.1. The lowest BCUT2D eigenvalue weighted by Crippen LogP contribution is -2.43. The predicted octanol–water partition coefficient (Wildman–Crippen LogP) is 5.90. The van der Waals surface area contributed by atoms with E-state index in [-0.39, 0.29) is 24.3 Å². The molecule has 0 saturated heterocycles. The third kappa shape index (κ3) is 5.67. The summed E-state index contributed by atoms with van der Waals surface area (Å²) < 4.78 is 9.33. The molecule has 0 amide bonds. The Bertz CT molecular complexity index is 1750. The van der Waals surface area contributed by atoms with Crippen LogP contribution in [0.3, 0.4) is 0 Å². The summed E-state index contributed by atoms with van der Waals surface area (Å²) in [4.78, 5) is 39.0. The molecule has 4 aromatic carbocycles. The van der Waals surface area contributed by atoms with E-state index < -0.39 is 17.7 Å². The number of nitrogens with zero attached hydrogens (tertiary/aromatic N) is 2. The maximum atomic E-state index is 14.1. The van der Waals surface area contributed by atoms with Crippen LogP contribution in [0.4, 0.5) is 0 Å².